The van der Waals surface area contributed by atoms with Gasteiger partial charge < -0.3 is 0 Å². The lowest BCUT2D eigenvalue weighted by Gasteiger charge is -2.08. The van der Waals surface area contributed by atoms with E-state index >= 15 is 0 Å². The molecule has 11 heavy (non-hydrogen) atoms. The fourth-order valence-corrected chi connectivity index (χ4v) is 1.15. The molecule has 0 aliphatic heterocycles. The minimum absolute atomic E-state index is 0.0798. The Morgan fingerprint density at radius 1 is 1.36 bits per heavy atom. The molecule has 1 rings (SSSR count). The van der Waals surface area contributed by atoms with Crippen LogP contribution in [0, 0.1) is 5.82 Å². The molecule has 0 atom stereocenters. The van der Waals surface area contributed by atoms with Crippen molar-refractivity contribution in [2.24, 2.45) is 0 Å². The van der Waals surface area contributed by atoms with E-state index in [1.807, 2.05) is 0 Å². The maximum absolute atomic E-state index is 12.4. The van der Waals surface area contributed by atoms with Gasteiger partial charge in [0.2, 0.25) is 0 Å². The molecule has 0 saturated carbocycles. The first-order valence-corrected chi connectivity index (χ1v) is 3.53. The van der Waals surface area contributed by atoms with Crippen LogP contribution in [0.4, 0.5) is 10.1 Å². The third-order valence-corrected chi connectivity index (χ3v) is 1.76. The van der Waals surface area contributed by atoms with Gasteiger partial charge in [-0.15, -0.1) is 5.23 Å². The summed E-state index contributed by atoms with van der Waals surface area (Å²) < 4.78 is 12.7. The van der Waals surface area contributed by atoms with Gasteiger partial charge in [0.15, 0.2) is 0 Å². The molecule has 0 heterocycles. The summed E-state index contributed by atoms with van der Waals surface area (Å²) in [6.45, 7) is 0. The molecular formula is C6H5BrFNO2. The standard InChI is InChI=1S/C6H5BrFNO2/c7-5-3-4(8)1-2-6(5)9(10)11/h1-3,10-11H. The summed E-state index contributed by atoms with van der Waals surface area (Å²) in [5.74, 6) is -0.442. The first-order valence-electron chi connectivity index (χ1n) is 2.74. The van der Waals surface area contributed by atoms with Crippen LogP contribution in [0.25, 0.3) is 0 Å². The highest BCUT2D eigenvalue weighted by Gasteiger charge is 2.04. The van der Waals surface area contributed by atoms with Crippen LogP contribution < -0.4 is 5.23 Å². The summed E-state index contributed by atoms with van der Waals surface area (Å²) >= 11 is 2.95. The second kappa shape index (κ2) is 3.17. The first kappa shape index (κ1) is 8.45. The van der Waals surface area contributed by atoms with Crippen molar-refractivity contribution in [3.63, 3.8) is 0 Å². The monoisotopic (exact) mass is 221 g/mol. The molecule has 1 aromatic rings. The molecule has 60 valence electrons. The Hall–Kier alpha value is -0.650. The zero-order chi connectivity index (χ0) is 8.43. The van der Waals surface area contributed by atoms with E-state index in [1.165, 1.54) is 6.07 Å². The normalized spacial score (nSPS) is 9.82. The Morgan fingerprint density at radius 2 is 2.00 bits per heavy atom. The van der Waals surface area contributed by atoms with Crippen molar-refractivity contribution in [3.8, 4) is 0 Å². The number of halogens is 2. The maximum atomic E-state index is 12.4. The molecule has 0 aliphatic rings. The van der Waals surface area contributed by atoms with E-state index in [4.69, 9.17) is 10.4 Å². The number of hydrogen-bond acceptors (Lipinski definition) is 3. The molecule has 0 saturated heterocycles. The van der Waals surface area contributed by atoms with Crippen molar-refractivity contribution in [1.29, 1.82) is 0 Å². The van der Waals surface area contributed by atoms with Crippen LogP contribution >= 0.6 is 15.9 Å². The molecule has 0 unspecified atom stereocenters. The van der Waals surface area contributed by atoms with Gasteiger partial charge in [0.1, 0.15) is 11.5 Å². The Morgan fingerprint density at radius 3 is 2.45 bits per heavy atom. The van der Waals surface area contributed by atoms with Crippen LogP contribution in [0.3, 0.4) is 0 Å². The Balaban J connectivity index is 3.09. The smallest absolute Gasteiger partial charge is 0.124 e. The average molecular weight is 222 g/mol. The van der Waals surface area contributed by atoms with Crippen molar-refractivity contribution in [1.82, 2.24) is 0 Å². The van der Waals surface area contributed by atoms with Gasteiger partial charge in [-0.05, 0) is 34.1 Å². The van der Waals surface area contributed by atoms with Gasteiger partial charge in [-0.2, -0.15) is 0 Å². The number of nitrogens with zero attached hydrogens (tertiary/aromatic N) is 1. The lowest BCUT2D eigenvalue weighted by molar-refractivity contribution is 0.0287. The highest BCUT2D eigenvalue weighted by Crippen LogP contribution is 2.24. The lowest BCUT2D eigenvalue weighted by Crippen LogP contribution is -2.11. The van der Waals surface area contributed by atoms with Crippen LogP contribution in [0.1, 0.15) is 0 Å². The third kappa shape index (κ3) is 1.89. The first-order chi connectivity index (χ1) is 5.11. The molecule has 0 aromatic heterocycles. The minimum atomic E-state index is -0.442. The number of benzene rings is 1. The fourth-order valence-electron chi connectivity index (χ4n) is 0.643. The summed E-state index contributed by atoms with van der Waals surface area (Å²) in [6, 6.07) is 3.49. The van der Waals surface area contributed by atoms with E-state index in [2.05, 4.69) is 15.9 Å². The average Bonchev–Trinajstić information content (AvgIpc) is 1.85. The second-order valence-corrected chi connectivity index (χ2v) is 2.74. The molecule has 0 spiro atoms. The van der Waals surface area contributed by atoms with E-state index < -0.39 is 5.82 Å². The van der Waals surface area contributed by atoms with Crippen molar-refractivity contribution in [2.45, 2.75) is 0 Å². The molecule has 0 fully saturated rings. The molecule has 3 nitrogen and oxygen atoms in total. The largest absolute Gasteiger partial charge is 0.264 e. The molecule has 0 amide bonds. The third-order valence-electron chi connectivity index (χ3n) is 1.13. The summed E-state index contributed by atoms with van der Waals surface area (Å²) in [7, 11) is 0. The van der Waals surface area contributed by atoms with Crippen molar-refractivity contribution < 1.29 is 14.8 Å². The van der Waals surface area contributed by atoms with Crippen molar-refractivity contribution in [3.05, 3.63) is 28.5 Å². The predicted octanol–water partition coefficient (Wildman–Crippen LogP) is 2.17. The highest BCUT2D eigenvalue weighted by molar-refractivity contribution is 9.10. The van der Waals surface area contributed by atoms with E-state index in [0.717, 1.165) is 12.1 Å². The quantitative estimate of drug-likeness (QED) is 0.715. The Bertz CT molecular complexity index is 267. The van der Waals surface area contributed by atoms with Gasteiger partial charge in [0, 0.05) is 4.47 Å². The van der Waals surface area contributed by atoms with Crippen LogP contribution in [0.5, 0.6) is 0 Å². The number of rotatable bonds is 1. The lowest BCUT2D eigenvalue weighted by atomic mass is 10.3. The summed E-state index contributed by atoms with van der Waals surface area (Å²) in [4.78, 5) is 0. The Labute approximate surface area is 70.7 Å². The molecule has 5 heteroatoms. The Kier molecular flexibility index (Phi) is 2.43. The predicted molar refractivity (Wildman–Crippen MR) is 40.2 cm³/mol. The molecule has 1 aromatic carbocycles. The molecule has 0 radical (unpaired) electrons. The molecular weight excluding hydrogens is 217 g/mol. The minimum Gasteiger partial charge on any atom is -0.264 e. The van der Waals surface area contributed by atoms with Crippen molar-refractivity contribution in [2.75, 3.05) is 5.23 Å². The van der Waals surface area contributed by atoms with Crippen LogP contribution in [0.15, 0.2) is 22.7 Å². The van der Waals surface area contributed by atoms with Crippen LogP contribution in [-0.2, 0) is 0 Å². The van der Waals surface area contributed by atoms with Gasteiger partial charge in [-0.1, -0.05) is 0 Å². The molecule has 0 bridgehead atoms. The van der Waals surface area contributed by atoms with Gasteiger partial charge in [-0.25, -0.2) is 4.39 Å². The number of anilines is 1. The van der Waals surface area contributed by atoms with E-state index in [0.29, 0.717) is 0 Å². The second-order valence-electron chi connectivity index (χ2n) is 1.89. The number of hydrogen-bond donors (Lipinski definition) is 2. The van der Waals surface area contributed by atoms with E-state index in [-0.39, 0.29) is 15.4 Å². The van der Waals surface area contributed by atoms with Gasteiger partial charge in [-0.3, -0.25) is 10.4 Å². The fraction of sp³-hybridized carbons (Fsp3) is 0. The van der Waals surface area contributed by atoms with Gasteiger partial charge in [0.05, 0.1) is 0 Å². The summed E-state index contributed by atoms with van der Waals surface area (Å²) in [5.41, 5.74) is 0.0893. The topological polar surface area (TPSA) is 43.7 Å². The zero-order valence-electron chi connectivity index (χ0n) is 5.33. The summed E-state index contributed by atoms with van der Waals surface area (Å²) in [6.07, 6.45) is 0. The SMILES string of the molecule is ON(O)c1ccc(F)cc1Br. The maximum Gasteiger partial charge on any atom is 0.124 e. The van der Waals surface area contributed by atoms with E-state index in [1.54, 1.807) is 0 Å². The van der Waals surface area contributed by atoms with Crippen molar-refractivity contribution >= 4 is 21.6 Å². The summed E-state index contributed by atoms with van der Waals surface area (Å²) in [5, 5.41) is 17.0. The molecule has 2 N–H and O–H groups in total. The van der Waals surface area contributed by atoms with Gasteiger partial charge in [0.25, 0.3) is 0 Å². The van der Waals surface area contributed by atoms with Crippen LogP contribution in [-0.4, -0.2) is 10.4 Å². The van der Waals surface area contributed by atoms with Gasteiger partial charge >= 0.3 is 0 Å². The molecule has 0 aliphatic carbocycles. The highest BCUT2D eigenvalue weighted by atomic mass is 79.9. The van der Waals surface area contributed by atoms with Crippen LogP contribution in [0.2, 0.25) is 0 Å². The van der Waals surface area contributed by atoms with E-state index in [9.17, 15) is 4.39 Å². The zero-order valence-corrected chi connectivity index (χ0v) is 6.92.